The van der Waals surface area contributed by atoms with Crippen LogP contribution in [-0.2, 0) is 20.0 Å². The fourth-order valence-corrected chi connectivity index (χ4v) is 3.64. The van der Waals surface area contributed by atoms with Crippen molar-refractivity contribution in [3.63, 3.8) is 0 Å². The molecule has 2 aromatic rings. The van der Waals surface area contributed by atoms with Crippen molar-refractivity contribution in [2.45, 2.75) is 25.8 Å². The minimum Gasteiger partial charge on any atom is -0.396 e. The maximum atomic E-state index is 10.00. The summed E-state index contributed by atoms with van der Waals surface area (Å²) in [6, 6.07) is 7.97. The van der Waals surface area contributed by atoms with E-state index in [1.165, 1.54) is 5.56 Å². The van der Waals surface area contributed by atoms with E-state index in [9.17, 15) is 5.11 Å². The molecule has 1 aromatic heterocycles. The maximum Gasteiger partial charge on any atom is 0.0534 e. The summed E-state index contributed by atoms with van der Waals surface area (Å²) in [5.41, 5.74) is 2.34. The number of aliphatic hydroxyl groups is 1. The lowest BCUT2D eigenvalue weighted by molar-refractivity contribution is 0.0414. The first-order valence-corrected chi connectivity index (χ1v) is 8.52. The molecular formula is C18H24ClN3O. The molecule has 4 nitrogen and oxygen atoms in total. The second kappa shape index (κ2) is 7.04. The zero-order valence-corrected chi connectivity index (χ0v) is 14.3. The van der Waals surface area contributed by atoms with Crippen molar-refractivity contribution in [3.8, 4) is 0 Å². The summed E-state index contributed by atoms with van der Waals surface area (Å²) in [7, 11) is 1.94. The molecule has 1 fully saturated rings. The molecule has 0 bridgehead atoms. The molecule has 0 aliphatic carbocycles. The normalized spacial score (nSPS) is 18.2. The van der Waals surface area contributed by atoms with Gasteiger partial charge in [-0.3, -0.25) is 9.58 Å². The quantitative estimate of drug-likeness (QED) is 0.914. The van der Waals surface area contributed by atoms with Crippen molar-refractivity contribution in [2.75, 3.05) is 19.7 Å². The van der Waals surface area contributed by atoms with E-state index >= 15 is 0 Å². The molecule has 2 heterocycles. The van der Waals surface area contributed by atoms with Gasteiger partial charge in [0.15, 0.2) is 0 Å². The summed E-state index contributed by atoms with van der Waals surface area (Å²) in [6.45, 7) is 3.15. The van der Waals surface area contributed by atoms with Gasteiger partial charge in [-0.25, -0.2) is 0 Å². The number of rotatable bonds is 5. The highest BCUT2D eigenvalue weighted by molar-refractivity contribution is 6.31. The van der Waals surface area contributed by atoms with E-state index in [0.717, 1.165) is 49.5 Å². The molecular weight excluding hydrogens is 310 g/mol. The van der Waals surface area contributed by atoms with Crippen LogP contribution in [0.25, 0.3) is 0 Å². The number of piperidine rings is 1. The average Bonchev–Trinajstić information content (AvgIpc) is 2.97. The van der Waals surface area contributed by atoms with Crippen LogP contribution in [0.4, 0.5) is 0 Å². The molecule has 124 valence electrons. The predicted molar refractivity (Wildman–Crippen MR) is 92.4 cm³/mol. The number of aryl methyl sites for hydroxylation is 1. The third kappa shape index (κ3) is 3.94. The minimum atomic E-state index is -0.0452. The zero-order chi connectivity index (χ0) is 16.3. The highest BCUT2D eigenvalue weighted by Crippen LogP contribution is 2.36. The van der Waals surface area contributed by atoms with E-state index in [4.69, 9.17) is 11.6 Å². The van der Waals surface area contributed by atoms with Gasteiger partial charge in [0, 0.05) is 37.0 Å². The Morgan fingerprint density at radius 1 is 1.26 bits per heavy atom. The third-order valence-electron chi connectivity index (χ3n) is 4.94. The van der Waals surface area contributed by atoms with Crippen LogP contribution >= 0.6 is 11.6 Å². The molecule has 0 radical (unpaired) electrons. The van der Waals surface area contributed by atoms with Crippen LogP contribution in [0.3, 0.4) is 0 Å². The van der Waals surface area contributed by atoms with Gasteiger partial charge in [-0.15, -0.1) is 0 Å². The molecule has 0 amide bonds. The molecule has 1 saturated heterocycles. The Kier molecular flexibility index (Phi) is 5.05. The molecule has 1 N–H and O–H groups in total. The van der Waals surface area contributed by atoms with Gasteiger partial charge in [0.1, 0.15) is 0 Å². The van der Waals surface area contributed by atoms with Crippen molar-refractivity contribution in [1.29, 1.82) is 0 Å². The van der Waals surface area contributed by atoms with E-state index in [1.807, 2.05) is 36.1 Å². The summed E-state index contributed by atoms with van der Waals surface area (Å²) in [5, 5.41) is 15.0. The van der Waals surface area contributed by atoms with Gasteiger partial charge >= 0.3 is 0 Å². The monoisotopic (exact) mass is 333 g/mol. The van der Waals surface area contributed by atoms with Gasteiger partial charge in [0.05, 0.1) is 6.20 Å². The van der Waals surface area contributed by atoms with Crippen LogP contribution in [0.15, 0.2) is 36.7 Å². The lowest BCUT2D eigenvalue weighted by atomic mass is 9.74. The molecule has 23 heavy (non-hydrogen) atoms. The van der Waals surface area contributed by atoms with E-state index in [0.29, 0.717) is 0 Å². The van der Waals surface area contributed by atoms with E-state index in [1.54, 1.807) is 0 Å². The largest absolute Gasteiger partial charge is 0.396 e. The highest BCUT2D eigenvalue weighted by Gasteiger charge is 2.34. The third-order valence-corrected chi connectivity index (χ3v) is 5.31. The average molecular weight is 334 g/mol. The zero-order valence-electron chi connectivity index (χ0n) is 13.6. The Balaban J connectivity index is 1.62. The minimum absolute atomic E-state index is 0.0452. The Labute approximate surface area is 142 Å². The standard InChI is InChI=1S/C18H24ClN3O/c1-21-12-15(11-20-21)13-22-8-6-18(14-23,7-9-22)10-16-4-2-3-5-17(16)19/h2-5,11-12,23H,6-10,13-14H2,1H3. The fourth-order valence-electron chi connectivity index (χ4n) is 3.43. The molecule has 1 aromatic carbocycles. The number of nitrogens with zero attached hydrogens (tertiary/aromatic N) is 3. The summed E-state index contributed by atoms with van der Waals surface area (Å²) >= 11 is 6.30. The number of hydrogen-bond acceptors (Lipinski definition) is 3. The van der Waals surface area contributed by atoms with Gasteiger partial charge in [-0.2, -0.15) is 5.10 Å². The smallest absolute Gasteiger partial charge is 0.0534 e. The number of halogens is 1. The molecule has 5 heteroatoms. The molecule has 3 rings (SSSR count). The molecule has 0 atom stereocenters. The Bertz CT molecular complexity index is 647. The summed E-state index contributed by atoms with van der Waals surface area (Å²) in [4.78, 5) is 2.44. The van der Waals surface area contributed by atoms with Crippen LogP contribution in [0.1, 0.15) is 24.0 Å². The first-order chi connectivity index (χ1) is 11.1. The SMILES string of the molecule is Cn1cc(CN2CCC(CO)(Cc3ccccc3Cl)CC2)cn1. The summed E-state index contributed by atoms with van der Waals surface area (Å²) < 4.78 is 1.84. The first-order valence-electron chi connectivity index (χ1n) is 8.14. The molecule has 1 aliphatic heterocycles. The predicted octanol–water partition coefficient (Wildman–Crippen LogP) is 2.89. The van der Waals surface area contributed by atoms with Crippen LogP contribution in [0.5, 0.6) is 0 Å². The number of benzene rings is 1. The molecule has 0 unspecified atom stereocenters. The van der Waals surface area contributed by atoms with Crippen molar-refractivity contribution in [3.05, 3.63) is 52.8 Å². The van der Waals surface area contributed by atoms with Crippen molar-refractivity contribution < 1.29 is 5.11 Å². The van der Waals surface area contributed by atoms with Crippen molar-refractivity contribution in [2.24, 2.45) is 12.5 Å². The maximum absolute atomic E-state index is 10.00. The van der Waals surface area contributed by atoms with Gasteiger partial charge in [-0.05, 0) is 49.4 Å². The van der Waals surface area contributed by atoms with Gasteiger partial charge in [0.2, 0.25) is 0 Å². The second-order valence-electron chi connectivity index (χ2n) is 6.72. The lowest BCUT2D eigenvalue weighted by Crippen LogP contribution is -2.42. The Hall–Kier alpha value is -1.36. The molecule has 0 spiro atoms. The second-order valence-corrected chi connectivity index (χ2v) is 7.13. The Morgan fingerprint density at radius 3 is 2.61 bits per heavy atom. The van der Waals surface area contributed by atoms with Crippen LogP contribution < -0.4 is 0 Å². The van der Waals surface area contributed by atoms with Crippen LogP contribution in [0.2, 0.25) is 5.02 Å². The van der Waals surface area contributed by atoms with Gasteiger partial charge in [-0.1, -0.05) is 29.8 Å². The lowest BCUT2D eigenvalue weighted by Gasteiger charge is -2.41. The Morgan fingerprint density at radius 2 is 2.00 bits per heavy atom. The first kappa shape index (κ1) is 16.5. The van der Waals surface area contributed by atoms with E-state index in [-0.39, 0.29) is 12.0 Å². The van der Waals surface area contributed by atoms with Gasteiger partial charge < -0.3 is 5.11 Å². The van der Waals surface area contributed by atoms with E-state index < -0.39 is 0 Å². The van der Waals surface area contributed by atoms with E-state index in [2.05, 4.69) is 22.3 Å². The molecule has 0 saturated carbocycles. The van der Waals surface area contributed by atoms with Crippen LogP contribution in [-0.4, -0.2) is 39.5 Å². The summed E-state index contributed by atoms with van der Waals surface area (Å²) in [6.07, 6.45) is 6.84. The number of likely N-dealkylation sites (tertiary alicyclic amines) is 1. The highest BCUT2D eigenvalue weighted by atomic mass is 35.5. The van der Waals surface area contributed by atoms with Gasteiger partial charge in [0.25, 0.3) is 0 Å². The fraction of sp³-hybridized carbons (Fsp3) is 0.500. The van der Waals surface area contributed by atoms with Crippen molar-refractivity contribution in [1.82, 2.24) is 14.7 Å². The van der Waals surface area contributed by atoms with Crippen molar-refractivity contribution >= 4 is 11.6 Å². The number of hydrogen-bond donors (Lipinski definition) is 1. The summed E-state index contributed by atoms with van der Waals surface area (Å²) in [5.74, 6) is 0. The number of aliphatic hydroxyl groups excluding tert-OH is 1. The number of aromatic nitrogens is 2. The van der Waals surface area contributed by atoms with Crippen LogP contribution in [0, 0.1) is 5.41 Å². The topological polar surface area (TPSA) is 41.3 Å². The molecule has 1 aliphatic rings.